The zero-order valence-corrected chi connectivity index (χ0v) is 12.0. The quantitative estimate of drug-likeness (QED) is 0.704. The first-order valence-corrected chi connectivity index (χ1v) is 5.69. The van der Waals surface area contributed by atoms with Gasteiger partial charge in [-0.05, 0) is 19.1 Å². The Morgan fingerprint density at radius 2 is 1.95 bits per heavy atom. The van der Waals surface area contributed by atoms with Crippen molar-refractivity contribution in [3.8, 4) is 5.75 Å². The summed E-state index contributed by atoms with van der Waals surface area (Å²) >= 11 is 0. The van der Waals surface area contributed by atoms with Crippen molar-refractivity contribution in [2.24, 2.45) is 5.73 Å². The topological polar surface area (TPSA) is 110 Å². The fourth-order valence-electron chi connectivity index (χ4n) is 1.57. The van der Waals surface area contributed by atoms with Crippen molar-refractivity contribution in [1.82, 2.24) is 0 Å². The highest BCUT2D eigenvalue weighted by molar-refractivity contribution is 5.91. The number of hydrogen-bond donors (Lipinski definition) is 3. The first kappa shape index (κ1) is 20.0. The van der Waals surface area contributed by atoms with E-state index >= 15 is 0 Å². The number of halogens is 4. The monoisotopic (exact) mass is 343 g/mol. The molecule has 6 nitrogen and oxygen atoms in total. The van der Waals surface area contributed by atoms with E-state index in [4.69, 9.17) is 10.8 Å². The number of nitrogens with two attached hydrogens (primary N) is 1. The summed E-state index contributed by atoms with van der Waals surface area (Å²) in [5, 5.41) is 18.4. The SMILES string of the molecule is CCOC(=O)C(F)(F)[C@H](N)c1cc(F)cc(C(=O)O)c1O.Cl. The van der Waals surface area contributed by atoms with E-state index in [-0.39, 0.29) is 19.0 Å². The molecule has 0 unspecified atom stereocenters. The van der Waals surface area contributed by atoms with Crippen molar-refractivity contribution in [2.45, 2.75) is 18.9 Å². The molecule has 0 heterocycles. The van der Waals surface area contributed by atoms with Gasteiger partial charge in [-0.15, -0.1) is 12.4 Å². The fourth-order valence-corrected chi connectivity index (χ4v) is 1.57. The minimum atomic E-state index is -4.27. The number of carbonyl (C=O) groups is 2. The van der Waals surface area contributed by atoms with Crippen LogP contribution in [0.4, 0.5) is 13.2 Å². The lowest BCUT2D eigenvalue weighted by Crippen LogP contribution is -2.42. The summed E-state index contributed by atoms with van der Waals surface area (Å²) in [5.41, 5.74) is 3.32. The number of esters is 1. The fraction of sp³-hybridized carbons (Fsp3) is 0.333. The summed E-state index contributed by atoms with van der Waals surface area (Å²) in [6, 6.07) is -1.60. The molecule has 0 fully saturated rings. The van der Waals surface area contributed by atoms with E-state index in [0.29, 0.717) is 12.1 Å². The Balaban J connectivity index is 0.00000441. The summed E-state index contributed by atoms with van der Waals surface area (Å²) in [5.74, 6) is -10.3. The van der Waals surface area contributed by atoms with Crippen LogP contribution >= 0.6 is 12.4 Å². The van der Waals surface area contributed by atoms with Gasteiger partial charge in [-0.1, -0.05) is 0 Å². The van der Waals surface area contributed by atoms with Crippen molar-refractivity contribution < 1.29 is 37.7 Å². The molecule has 0 radical (unpaired) electrons. The lowest BCUT2D eigenvalue weighted by atomic mass is 9.97. The lowest BCUT2D eigenvalue weighted by molar-refractivity contribution is -0.174. The number of carbonyl (C=O) groups excluding carboxylic acids is 1. The predicted molar refractivity (Wildman–Crippen MR) is 70.8 cm³/mol. The Morgan fingerprint density at radius 3 is 2.41 bits per heavy atom. The van der Waals surface area contributed by atoms with Crippen LogP contribution in [0.3, 0.4) is 0 Å². The Bertz CT molecular complexity index is 582. The van der Waals surface area contributed by atoms with E-state index < -0.39 is 46.6 Å². The first-order chi connectivity index (χ1) is 9.62. The molecule has 0 aliphatic heterocycles. The number of hydrogen-bond acceptors (Lipinski definition) is 5. The molecule has 22 heavy (non-hydrogen) atoms. The van der Waals surface area contributed by atoms with Gasteiger partial charge in [0.05, 0.1) is 6.61 Å². The van der Waals surface area contributed by atoms with Crippen LogP contribution < -0.4 is 5.73 Å². The molecule has 0 aliphatic rings. The van der Waals surface area contributed by atoms with Crippen molar-refractivity contribution >= 4 is 24.3 Å². The second-order valence-corrected chi connectivity index (χ2v) is 4.02. The summed E-state index contributed by atoms with van der Waals surface area (Å²) in [7, 11) is 0. The van der Waals surface area contributed by atoms with Crippen LogP contribution in [-0.2, 0) is 9.53 Å². The first-order valence-electron chi connectivity index (χ1n) is 5.69. The van der Waals surface area contributed by atoms with Gasteiger partial charge < -0.3 is 20.7 Å². The number of alkyl halides is 2. The van der Waals surface area contributed by atoms with Gasteiger partial charge >= 0.3 is 17.9 Å². The molecule has 1 atom stereocenters. The summed E-state index contributed by atoms with van der Waals surface area (Å²) in [4.78, 5) is 21.9. The smallest absolute Gasteiger partial charge is 0.379 e. The molecule has 10 heteroatoms. The molecule has 4 N–H and O–H groups in total. The maximum Gasteiger partial charge on any atom is 0.379 e. The van der Waals surface area contributed by atoms with Crippen LogP contribution in [-0.4, -0.2) is 34.7 Å². The predicted octanol–water partition coefficient (Wildman–Crippen LogP) is 1.85. The number of ether oxygens (including phenoxy) is 1. The van der Waals surface area contributed by atoms with Crippen LogP contribution in [0.5, 0.6) is 5.75 Å². The van der Waals surface area contributed by atoms with Gasteiger partial charge in [0.25, 0.3) is 0 Å². The van der Waals surface area contributed by atoms with Crippen LogP contribution in [0.15, 0.2) is 12.1 Å². The highest BCUT2D eigenvalue weighted by Gasteiger charge is 2.49. The zero-order chi connectivity index (χ0) is 16.4. The highest BCUT2D eigenvalue weighted by atomic mass is 35.5. The van der Waals surface area contributed by atoms with Crippen LogP contribution in [0.25, 0.3) is 0 Å². The minimum absolute atomic E-state index is 0. The number of rotatable bonds is 5. The molecule has 0 aromatic heterocycles. The number of aromatic hydroxyl groups is 1. The molecule has 1 aromatic rings. The molecule has 0 amide bonds. The molecular formula is C12H13ClF3NO5. The molecule has 0 saturated carbocycles. The van der Waals surface area contributed by atoms with Crippen molar-refractivity contribution in [3.63, 3.8) is 0 Å². The van der Waals surface area contributed by atoms with Crippen LogP contribution in [0.1, 0.15) is 28.9 Å². The van der Waals surface area contributed by atoms with Crippen LogP contribution in [0.2, 0.25) is 0 Å². The molecular weight excluding hydrogens is 331 g/mol. The van der Waals surface area contributed by atoms with Gasteiger partial charge in [-0.3, -0.25) is 0 Å². The summed E-state index contributed by atoms with van der Waals surface area (Å²) < 4.78 is 44.9. The Hall–Kier alpha value is -2.00. The third kappa shape index (κ3) is 3.80. The lowest BCUT2D eigenvalue weighted by Gasteiger charge is -2.23. The third-order valence-electron chi connectivity index (χ3n) is 2.61. The van der Waals surface area contributed by atoms with Gasteiger partial charge in [-0.25, -0.2) is 14.0 Å². The molecule has 0 saturated heterocycles. The summed E-state index contributed by atoms with van der Waals surface area (Å²) in [6.45, 7) is 0.957. The second kappa shape index (κ2) is 7.32. The van der Waals surface area contributed by atoms with E-state index in [0.717, 1.165) is 0 Å². The van der Waals surface area contributed by atoms with E-state index in [1.807, 2.05) is 0 Å². The third-order valence-corrected chi connectivity index (χ3v) is 2.61. The average molecular weight is 344 g/mol. The van der Waals surface area contributed by atoms with E-state index in [1.165, 1.54) is 6.92 Å². The normalized spacial score (nSPS) is 12.2. The van der Waals surface area contributed by atoms with Gasteiger partial charge in [0.1, 0.15) is 23.2 Å². The van der Waals surface area contributed by atoms with Crippen molar-refractivity contribution in [3.05, 3.63) is 29.1 Å². The van der Waals surface area contributed by atoms with Gasteiger partial charge in [0, 0.05) is 5.56 Å². The number of aromatic carboxylic acids is 1. The second-order valence-electron chi connectivity index (χ2n) is 4.02. The zero-order valence-electron chi connectivity index (χ0n) is 11.2. The minimum Gasteiger partial charge on any atom is -0.507 e. The molecule has 0 aliphatic carbocycles. The Kier molecular flexibility index (Phi) is 6.65. The molecule has 1 aromatic carbocycles. The van der Waals surface area contributed by atoms with Crippen molar-refractivity contribution in [1.29, 1.82) is 0 Å². The van der Waals surface area contributed by atoms with E-state index in [1.54, 1.807) is 0 Å². The van der Waals surface area contributed by atoms with E-state index in [2.05, 4.69) is 4.74 Å². The van der Waals surface area contributed by atoms with Gasteiger partial charge in [-0.2, -0.15) is 8.78 Å². The highest BCUT2D eigenvalue weighted by Crippen LogP contribution is 2.37. The molecule has 124 valence electrons. The number of benzene rings is 1. The van der Waals surface area contributed by atoms with Crippen LogP contribution in [0, 0.1) is 5.82 Å². The Morgan fingerprint density at radius 1 is 1.41 bits per heavy atom. The maximum atomic E-state index is 13.7. The molecule has 1 rings (SSSR count). The number of phenols is 1. The van der Waals surface area contributed by atoms with E-state index in [9.17, 15) is 27.9 Å². The molecule has 0 bridgehead atoms. The average Bonchev–Trinajstić information content (AvgIpc) is 2.40. The van der Waals surface area contributed by atoms with Gasteiger partial charge in [0.15, 0.2) is 0 Å². The standard InChI is InChI=1S/C12H12F3NO5.ClH/c1-2-21-11(20)12(14,15)9(16)6-3-5(13)4-7(8(6)17)10(18)19;/h3-4,9,17H,2,16H2,1H3,(H,18,19);1H/t9-;/m1./s1. The molecule has 0 spiro atoms. The number of carboxylic acid groups (broad SMARTS) is 1. The number of carboxylic acids is 1. The maximum absolute atomic E-state index is 13.7. The van der Waals surface area contributed by atoms with Crippen molar-refractivity contribution in [2.75, 3.05) is 6.61 Å². The summed E-state index contributed by atoms with van der Waals surface area (Å²) in [6.07, 6.45) is 0. The largest absolute Gasteiger partial charge is 0.507 e. The Labute approximate surface area is 129 Å². The van der Waals surface area contributed by atoms with Gasteiger partial charge in [0.2, 0.25) is 0 Å².